The summed E-state index contributed by atoms with van der Waals surface area (Å²) in [5.74, 6) is 0. The molecular weight excluding hydrogens is 228 g/mol. The summed E-state index contributed by atoms with van der Waals surface area (Å²) in [4.78, 5) is 0. The van der Waals surface area contributed by atoms with Gasteiger partial charge in [-0.15, -0.1) is 0 Å². The molecule has 0 atom stereocenters. The monoisotopic (exact) mass is 254 g/mol. The first-order valence-corrected chi connectivity index (χ1v) is 7.12. The zero-order valence-electron chi connectivity index (χ0n) is 12.7. The molecule has 0 amide bonds. The highest BCUT2D eigenvalue weighted by atomic mass is 14.0. The third-order valence-corrected chi connectivity index (χ3v) is 3.40. The highest BCUT2D eigenvalue weighted by Gasteiger charge is 1.91. The van der Waals surface area contributed by atoms with E-state index in [4.69, 9.17) is 0 Å². The quantitative estimate of drug-likeness (QED) is 0.539. The first-order valence-electron chi connectivity index (χ1n) is 7.12. The van der Waals surface area contributed by atoms with Crippen LogP contribution < -0.4 is 0 Å². The zero-order chi connectivity index (χ0) is 14.1. The van der Waals surface area contributed by atoms with Crippen molar-refractivity contribution in [1.29, 1.82) is 0 Å². The van der Waals surface area contributed by atoms with Gasteiger partial charge in [-0.2, -0.15) is 0 Å². The van der Waals surface area contributed by atoms with Crippen LogP contribution in [-0.4, -0.2) is 0 Å². The van der Waals surface area contributed by atoms with Gasteiger partial charge in [0.1, 0.15) is 0 Å². The first-order chi connectivity index (χ1) is 9.11. The first kappa shape index (κ1) is 15.5. The molecule has 0 nitrogen and oxygen atoms in total. The van der Waals surface area contributed by atoms with Crippen molar-refractivity contribution in [2.24, 2.45) is 0 Å². The number of benzene rings is 1. The van der Waals surface area contributed by atoms with Gasteiger partial charge in [0.15, 0.2) is 0 Å². The van der Waals surface area contributed by atoms with Crippen LogP contribution in [0, 0.1) is 6.92 Å². The predicted octanol–water partition coefficient (Wildman–Crippen LogP) is 6.09. The highest BCUT2D eigenvalue weighted by Crippen LogP contribution is 2.12. The predicted molar refractivity (Wildman–Crippen MR) is 87.3 cm³/mol. The van der Waals surface area contributed by atoms with Gasteiger partial charge in [-0.25, -0.2) is 0 Å². The summed E-state index contributed by atoms with van der Waals surface area (Å²) in [6, 6.07) is 8.64. The van der Waals surface area contributed by atoms with Gasteiger partial charge in [-0.1, -0.05) is 65.3 Å². The maximum atomic E-state index is 2.33. The average Bonchev–Trinajstić information content (AvgIpc) is 2.42. The molecule has 1 aromatic carbocycles. The molecular formula is C19H26. The third-order valence-electron chi connectivity index (χ3n) is 3.40. The summed E-state index contributed by atoms with van der Waals surface area (Å²) < 4.78 is 0. The SMILES string of the molecule is C/C=C(\C)CC/C(C)=C/C/C=C/c1ccc(C)cc1. The fraction of sp³-hybridized carbons (Fsp3) is 0.368. The maximum Gasteiger partial charge on any atom is -0.0163 e. The summed E-state index contributed by atoms with van der Waals surface area (Å²) in [5, 5.41) is 0. The lowest BCUT2D eigenvalue weighted by atomic mass is 10.1. The van der Waals surface area contributed by atoms with E-state index in [1.165, 1.54) is 35.1 Å². The second-order valence-corrected chi connectivity index (χ2v) is 5.23. The van der Waals surface area contributed by atoms with Crippen LogP contribution in [-0.2, 0) is 0 Å². The topological polar surface area (TPSA) is 0 Å². The Balaban J connectivity index is 2.37. The molecule has 0 radical (unpaired) electrons. The van der Waals surface area contributed by atoms with E-state index in [-0.39, 0.29) is 0 Å². The molecule has 0 saturated carbocycles. The summed E-state index contributed by atoms with van der Waals surface area (Å²) >= 11 is 0. The molecule has 1 rings (SSSR count). The van der Waals surface area contributed by atoms with Crippen molar-refractivity contribution in [2.75, 3.05) is 0 Å². The van der Waals surface area contributed by atoms with E-state index in [2.05, 4.69) is 76.3 Å². The molecule has 19 heavy (non-hydrogen) atoms. The Kier molecular flexibility index (Phi) is 6.95. The molecule has 0 unspecified atom stereocenters. The summed E-state index contributed by atoms with van der Waals surface area (Å²) in [5.41, 5.74) is 5.55. The molecule has 0 bridgehead atoms. The smallest absolute Gasteiger partial charge is 0.0163 e. The Labute approximate surface area is 118 Å². The Morgan fingerprint density at radius 1 is 1.00 bits per heavy atom. The van der Waals surface area contributed by atoms with Crippen LogP contribution in [0.25, 0.3) is 6.08 Å². The molecule has 0 N–H and O–H groups in total. The van der Waals surface area contributed by atoms with E-state index >= 15 is 0 Å². The van der Waals surface area contributed by atoms with Crippen LogP contribution >= 0.6 is 0 Å². The van der Waals surface area contributed by atoms with E-state index in [0.717, 1.165) is 6.42 Å². The standard InChI is InChI=1S/C19H26/c1-5-16(2)10-11-17(3)8-6-7-9-19-14-12-18(4)13-15-19/h5,7-9,12-15H,6,10-11H2,1-4H3/b9-7+,16-5+,17-8+. The van der Waals surface area contributed by atoms with Crippen LogP contribution in [0.4, 0.5) is 0 Å². The van der Waals surface area contributed by atoms with Gasteiger partial charge >= 0.3 is 0 Å². The van der Waals surface area contributed by atoms with Gasteiger partial charge in [0, 0.05) is 0 Å². The van der Waals surface area contributed by atoms with E-state index in [1.807, 2.05) is 0 Å². The second kappa shape index (κ2) is 8.53. The molecule has 0 spiro atoms. The van der Waals surface area contributed by atoms with Gasteiger partial charge < -0.3 is 0 Å². The Morgan fingerprint density at radius 3 is 2.26 bits per heavy atom. The fourth-order valence-corrected chi connectivity index (χ4v) is 1.79. The third kappa shape index (κ3) is 6.81. The lowest BCUT2D eigenvalue weighted by molar-refractivity contribution is 0.915. The molecule has 0 saturated heterocycles. The largest absolute Gasteiger partial charge is 0.0887 e. The number of hydrogen-bond donors (Lipinski definition) is 0. The average molecular weight is 254 g/mol. The van der Waals surface area contributed by atoms with Crippen molar-refractivity contribution >= 4 is 6.08 Å². The van der Waals surface area contributed by atoms with Crippen molar-refractivity contribution in [2.45, 2.75) is 47.0 Å². The molecule has 102 valence electrons. The molecule has 0 heterocycles. The van der Waals surface area contributed by atoms with E-state index in [9.17, 15) is 0 Å². The van der Waals surface area contributed by atoms with Gasteiger partial charge in [-0.05, 0) is 52.5 Å². The van der Waals surface area contributed by atoms with Crippen LogP contribution in [0.15, 0.2) is 53.6 Å². The molecule has 1 aromatic rings. The van der Waals surface area contributed by atoms with Crippen molar-refractivity contribution in [3.05, 3.63) is 64.8 Å². The highest BCUT2D eigenvalue weighted by molar-refractivity contribution is 5.49. The van der Waals surface area contributed by atoms with E-state index < -0.39 is 0 Å². The van der Waals surface area contributed by atoms with Crippen molar-refractivity contribution in [3.63, 3.8) is 0 Å². The number of allylic oxidation sites excluding steroid dienone is 5. The van der Waals surface area contributed by atoms with Crippen LogP contribution in [0.3, 0.4) is 0 Å². The van der Waals surface area contributed by atoms with Crippen molar-refractivity contribution in [3.8, 4) is 0 Å². The Hall–Kier alpha value is -1.56. The van der Waals surface area contributed by atoms with E-state index in [1.54, 1.807) is 0 Å². The molecule has 0 aliphatic heterocycles. The van der Waals surface area contributed by atoms with E-state index in [0.29, 0.717) is 0 Å². The van der Waals surface area contributed by atoms with Crippen LogP contribution in [0.2, 0.25) is 0 Å². The molecule has 0 fully saturated rings. The Bertz CT molecular complexity index is 455. The Morgan fingerprint density at radius 2 is 1.63 bits per heavy atom. The molecule has 0 aliphatic carbocycles. The number of hydrogen-bond acceptors (Lipinski definition) is 0. The minimum atomic E-state index is 1.02. The summed E-state index contributed by atoms with van der Waals surface area (Å²) in [6.07, 6.45) is 12.3. The second-order valence-electron chi connectivity index (χ2n) is 5.23. The molecule has 0 heteroatoms. The van der Waals surface area contributed by atoms with Gasteiger partial charge in [0.25, 0.3) is 0 Å². The van der Waals surface area contributed by atoms with Gasteiger partial charge in [0.2, 0.25) is 0 Å². The van der Waals surface area contributed by atoms with Crippen LogP contribution in [0.5, 0.6) is 0 Å². The normalized spacial score (nSPS) is 13.3. The number of aryl methyl sites for hydroxylation is 1. The van der Waals surface area contributed by atoms with Gasteiger partial charge in [0.05, 0.1) is 0 Å². The molecule has 0 aromatic heterocycles. The zero-order valence-corrected chi connectivity index (χ0v) is 12.7. The van der Waals surface area contributed by atoms with Gasteiger partial charge in [-0.3, -0.25) is 0 Å². The lowest BCUT2D eigenvalue weighted by Crippen LogP contribution is -1.80. The van der Waals surface area contributed by atoms with Crippen molar-refractivity contribution in [1.82, 2.24) is 0 Å². The van der Waals surface area contributed by atoms with Crippen molar-refractivity contribution < 1.29 is 0 Å². The summed E-state index contributed by atoms with van der Waals surface area (Å²) in [6.45, 7) is 8.65. The minimum Gasteiger partial charge on any atom is -0.0887 e. The number of rotatable bonds is 6. The molecule has 0 aliphatic rings. The maximum absolute atomic E-state index is 2.33. The lowest BCUT2D eigenvalue weighted by Gasteiger charge is -2.01. The van der Waals surface area contributed by atoms with Crippen LogP contribution in [0.1, 0.15) is 51.2 Å². The fourth-order valence-electron chi connectivity index (χ4n) is 1.79. The summed E-state index contributed by atoms with van der Waals surface area (Å²) in [7, 11) is 0. The minimum absolute atomic E-state index is 1.02.